The Hall–Kier alpha value is -4.41. The third kappa shape index (κ3) is 5.17. The second-order valence-electron chi connectivity index (χ2n) is 8.98. The van der Waals surface area contributed by atoms with Crippen LogP contribution < -0.4 is 20.1 Å². The van der Waals surface area contributed by atoms with Crippen LogP contribution in [0.3, 0.4) is 0 Å². The fraction of sp³-hybridized carbons (Fsp3) is 0.370. The lowest BCUT2D eigenvalue weighted by Crippen LogP contribution is -2.34. The highest BCUT2D eigenvalue weighted by Gasteiger charge is 2.35. The lowest BCUT2D eigenvalue weighted by molar-refractivity contribution is -0.133. The number of hydrogen-bond acceptors (Lipinski definition) is 8. The van der Waals surface area contributed by atoms with Gasteiger partial charge in [-0.05, 0) is 79.9 Å². The van der Waals surface area contributed by atoms with Crippen molar-refractivity contribution in [2.24, 2.45) is 0 Å². The third-order valence-electron chi connectivity index (χ3n) is 6.78. The van der Waals surface area contributed by atoms with Gasteiger partial charge in [-0.1, -0.05) is 23.3 Å². The Morgan fingerprint density at radius 3 is 2.58 bits per heavy atom. The number of likely N-dealkylation sites (N-methyl/N-ethyl adjacent to an activating group) is 1. The number of nitrogens with one attached hydrogen (secondary N) is 2. The number of carbonyl (C=O) groups excluding carboxylic acids is 2. The van der Waals surface area contributed by atoms with E-state index in [1.54, 1.807) is 21.7 Å². The van der Waals surface area contributed by atoms with Crippen molar-refractivity contribution in [3.63, 3.8) is 0 Å². The maximum absolute atomic E-state index is 13.7. The molecule has 200 valence electrons. The van der Waals surface area contributed by atoms with Crippen molar-refractivity contribution in [2.45, 2.75) is 40.7 Å². The number of hydrogen-bond donors (Lipinski definition) is 2. The van der Waals surface area contributed by atoms with E-state index in [-0.39, 0.29) is 18.4 Å². The Morgan fingerprint density at radius 1 is 1.11 bits per heavy atom. The molecule has 0 saturated heterocycles. The van der Waals surface area contributed by atoms with Gasteiger partial charge in [-0.2, -0.15) is 4.68 Å². The molecule has 0 radical (unpaired) electrons. The summed E-state index contributed by atoms with van der Waals surface area (Å²) < 4.78 is 13.0. The minimum Gasteiger partial charge on any atom is -0.493 e. The zero-order valence-electron chi connectivity index (χ0n) is 22.5. The second-order valence-corrected chi connectivity index (χ2v) is 8.98. The Labute approximate surface area is 221 Å². The average Bonchev–Trinajstić information content (AvgIpc) is 3.37. The highest BCUT2D eigenvalue weighted by Crippen LogP contribution is 2.38. The van der Waals surface area contributed by atoms with Crippen LogP contribution in [-0.2, 0) is 9.59 Å². The largest absolute Gasteiger partial charge is 0.493 e. The van der Waals surface area contributed by atoms with Gasteiger partial charge in [0.15, 0.2) is 18.1 Å². The quantitative estimate of drug-likeness (QED) is 0.441. The predicted octanol–water partition coefficient (Wildman–Crippen LogP) is 3.47. The lowest BCUT2D eigenvalue weighted by atomic mass is 9.94. The molecule has 2 amide bonds. The van der Waals surface area contributed by atoms with Gasteiger partial charge in [0.1, 0.15) is 6.04 Å². The number of ether oxygens (including phenoxy) is 2. The molecule has 1 aliphatic heterocycles. The van der Waals surface area contributed by atoms with E-state index in [0.29, 0.717) is 47.4 Å². The van der Waals surface area contributed by atoms with E-state index < -0.39 is 6.04 Å². The van der Waals surface area contributed by atoms with Gasteiger partial charge in [0, 0.05) is 24.5 Å². The molecular weight excluding hydrogens is 486 g/mol. The van der Waals surface area contributed by atoms with E-state index in [1.165, 1.54) is 7.11 Å². The number of methoxy groups -OCH3 is 1. The third-order valence-corrected chi connectivity index (χ3v) is 6.78. The maximum atomic E-state index is 13.7. The van der Waals surface area contributed by atoms with E-state index >= 15 is 0 Å². The fourth-order valence-electron chi connectivity index (χ4n) is 4.47. The number of benzene rings is 2. The minimum atomic E-state index is -0.633. The minimum absolute atomic E-state index is 0.107. The highest BCUT2D eigenvalue weighted by atomic mass is 16.5. The summed E-state index contributed by atoms with van der Waals surface area (Å²) in [5.41, 5.74) is 4.60. The SMILES string of the molecule is CCN(CC)C(=O)COc1ccc(C2C(C(=O)Nc3cccc(C)c3C)=C(C)Nc3nnnn32)cc1OC. The summed E-state index contributed by atoms with van der Waals surface area (Å²) >= 11 is 0. The molecule has 0 fully saturated rings. The number of amides is 2. The summed E-state index contributed by atoms with van der Waals surface area (Å²) in [7, 11) is 1.53. The van der Waals surface area contributed by atoms with Crippen LogP contribution in [0.2, 0.25) is 0 Å². The van der Waals surface area contributed by atoms with Crippen LogP contribution in [-0.4, -0.2) is 63.7 Å². The normalized spacial score (nSPS) is 14.4. The lowest BCUT2D eigenvalue weighted by Gasteiger charge is -2.28. The number of aryl methyl sites for hydroxylation is 1. The van der Waals surface area contributed by atoms with Gasteiger partial charge < -0.3 is 25.0 Å². The number of aromatic nitrogens is 4. The first-order chi connectivity index (χ1) is 18.3. The van der Waals surface area contributed by atoms with Gasteiger partial charge >= 0.3 is 0 Å². The van der Waals surface area contributed by atoms with Gasteiger partial charge in [0.2, 0.25) is 5.95 Å². The van der Waals surface area contributed by atoms with Crippen LogP contribution in [0.15, 0.2) is 47.7 Å². The van der Waals surface area contributed by atoms with Crippen molar-refractivity contribution in [1.82, 2.24) is 25.1 Å². The Morgan fingerprint density at radius 2 is 1.87 bits per heavy atom. The molecule has 1 aromatic heterocycles. The van der Waals surface area contributed by atoms with Gasteiger partial charge in [0.05, 0.1) is 12.7 Å². The zero-order valence-corrected chi connectivity index (χ0v) is 22.5. The number of tetrazole rings is 1. The number of nitrogens with zero attached hydrogens (tertiary/aromatic N) is 5. The molecule has 3 aromatic rings. The van der Waals surface area contributed by atoms with E-state index in [2.05, 4.69) is 26.2 Å². The van der Waals surface area contributed by atoms with Crippen molar-refractivity contribution in [3.8, 4) is 11.5 Å². The summed E-state index contributed by atoms with van der Waals surface area (Å²) in [5, 5.41) is 18.2. The zero-order chi connectivity index (χ0) is 27.4. The number of allylic oxidation sites excluding steroid dienone is 1. The van der Waals surface area contributed by atoms with E-state index in [0.717, 1.165) is 16.8 Å². The van der Waals surface area contributed by atoms with Crippen LogP contribution in [0.25, 0.3) is 0 Å². The topological polar surface area (TPSA) is 124 Å². The molecule has 0 bridgehead atoms. The van der Waals surface area contributed by atoms with Gasteiger partial charge in [-0.25, -0.2) is 0 Å². The summed E-state index contributed by atoms with van der Waals surface area (Å²) in [6, 6.07) is 10.5. The first-order valence-electron chi connectivity index (χ1n) is 12.5. The molecule has 4 rings (SSSR count). The van der Waals surface area contributed by atoms with Crippen molar-refractivity contribution in [3.05, 3.63) is 64.4 Å². The molecule has 11 heteroatoms. The number of carbonyl (C=O) groups is 2. The maximum Gasteiger partial charge on any atom is 0.260 e. The molecule has 0 aliphatic carbocycles. The van der Waals surface area contributed by atoms with E-state index in [9.17, 15) is 9.59 Å². The molecule has 38 heavy (non-hydrogen) atoms. The van der Waals surface area contributed by atoms with Gasteiger partial charge in [-0.15, -0.1) is 0 Å². The van der Waals surface area contributed by atoms with E-state index in [4.69, 9.17) is 9.47 Å². The summed E-state index contributed by atoms with van der Waals surface area (Å²) in [5.74, 6) is 0.875. The Kier molecular flexibility index (Phi) is 7.94. The first-order valence-corrected chi connectivity index (χ1v) is 12.5. The number of anilines is 2. The van der Waals surface area contributed by atoms with Crippen LogP contribution in [0.5, 0.6) is 11.5 Å². The van der Waals surface area contributed by atoms with Crippen LogP contribution in [0, 0.1) is 13.8 Å². The molecule has 11 nitrogen and oxygen atoms in total. The summed E-state index contributed by atoms with van der Waals surface area (Å²) in [6.45, 7) is 10.7. The van der Waals surface area contributed by atoms with Gasteiger partial charge in [0.25, 0.3) is 11.8 Å². The molecular formula is C27H33N7O4. The van der Waals surface area contributed by atoms with Crippen molar-refractivity contribution < 1.29 is 19.1 Å². The van der Waals surface area contributed by atoms with Crippen LogP contribution >= 0.6 is 0 Å². The smallest absolute Gasteiger partial charge is 0.260 e. The summed E-state index contributed by atoms with van der Waals surface area (Å²) in [4.78, 5) is 27.8. The van der Waals surface area contributed by atoms with Crippen LogP contribution in [0.4, 0.5) is 11.6 Å². The Bertz CT molecular complexity index is 1380. The molecule has 1 unspecified atom stereocenters. The molecule has 2 N–H and O–H groups in total. The number of fused-ring (bicyclic) bond motifs is 1. The predicted molar refractivity (Wildman–Crippen MR) is 143 cm³/mol. The highest BCUT2D eigenvalue weighted by molar-refractivity contribution is 6.06. The fourth-order valence-corrected chi connectivity index (χ4v) is 4.47. The Balaban J connectivity index is 1.68. The number of rotatable bonds is 9. The average molecular weight is 520 g/mol. The molecule has 1 atom stereocenters. The van der Waals surface area contributed by atoms with Gasteiger partial charge in [-0.3, -0.25) is 9.59 Å². The molecule has 1 aliphatic rings. The molecule has 0 saturated carbocycles. The van der Waals surface area contributed by atoms with Crippen molar-refractivity contribution in [2.75, 3.05) is 37.4 Å². The second kappa shape index (κ2) is 11.3. The molecule has 2 aromatic carbocycles. The molecule has 0 spiro atoms. The standard InChI is InChI=1S/C27H33N7O4/c1-7-33(8-2)23(35)15-38-21-13-12-19(14-22(21)37-6)25-24(18(5)28-27-30-31-32-34(25)27)26(36)29-20-11-9-10-16(3)17(20)4/h9-14,25H,7-8,15H2,1-6H3,(H,29,36)(H,28,30,32). The van der Waals surface area contributed by atoms with Crippen molar-refractivity contribution in [1.29, 1.82) is 0 Å². The van der Waals surface area contributed by atoms with E-state index in [1.807, 2.05) is 58.9 Å². The monoisotopic (exact) mass is 519 g/mol. The molecule has 2 heterocycles. The summed E-state index contributed by atoms with van der Waals surface area (Å²) in [6.07, 6.45) is 0. The van der Waals surface area contributed by atoms with Crippen molar-refractivity contribution >= 4 is 23.5 Å². The van der Waals surface area contributed by atoms with Crippen LogP contribution in [0.1, 0.15) is 43.5 Å². The first kappa shape index (κ1) is 26.6.